The Labute approximate surface area is 165 Å². The van der Waals surface area contributed by atoms with Crippen LogP contribution in [0.5, 0.6) is 5.75 Å². The first-order valence-corrected chi connectivity index (χ1v) is 9.81. The van der Waals surface area contributed by atoms with Crippen molar-refractivity contribution in [1.82, 2.24) is 10.2 Å². The molecule has 2 atom stereocenters. The Morgan fingerprint density at radius 3 is 2.68 bits per heavy atom. The van der Waals surface area contributed by atoms with Crippen molar-refractivity contribution >= 4 is 23.5 Å². The Bertz CT molecular complexity index is 792. The molecular formula is C21H29N3O4. The number of para-hydroxylation sites is 2. The largest absolute Gasteiger partial charge is 0.492 e. The van der Waals surface area contributed by atoms with Crippen LogP contribution in [0.2, 0.25) is 0 Å². The first kappa shape index (κ1) is 20.2. The molecule has 3 rings (SSSR count). The molecule has 28 heavy (non-hydrogen) atoms. The van der Waals surface area contributed by atoms with Crippen molar-refractivity contribution in [3.8, 4) is 5.75 Å². The van der Waals surface area contributed by atoms with Crippen LogP contribution in [0.3, 0.4) is 0 Å². The SMILES string of the molecule is CCOc1ccccc1NC(=O)CN1C(=O)N[C@@]2(C[C@@H](C)CC(C)(C)C2)C1=O. The summed E-state index contributed by atoms with van der Waals surface area (Å²) < 4.78 is 5.50. The molecule has 1 aliphatic carbocycles. The summed E-state index contributed by atoms with van der Waals surface area (Å²) in [5.41, 5.74) is -0.430. The molecule has 4 amide bonds. The zero-order valence-electron chi connectivity index (χ0n) is 17.0. The van der Waals surface area contributed by atoms with Gasteiger partial charge >= 0.3 is 6.03 Å². The number of nitrogens with zero attached hydrogens (tertiary/aromatic N) is 1. The molecule has 0 unspecified atom stereocenters. The van der Waals surface area contributed by atoms with E-state index >= 15 is 0 Å². The summed E-state index contributed by atoms with van der Waals surface area (Å²) in [5.74, 6) is 0.135. The van der Waals surface area contributed by atoms with Gasteiger partial charge in [0.05, 0.1) is 12.3 Å². The quantitative estimate of drug-likeness (QED) is 0.760. The zero-order chi connectivity index (χ0) is 20.5. The first-order chi connectivity index (χ1) is 13.2. The molecule has 1 saturated heterocycles. The lowest BCUT2D eigenvalue weighted by Crippen LogP contribution is -2.54. The van der Waals surface area contributed by atoms with Gasteiger partial charge in [0, 0.05) is 0 Å². The van der Waals surface area contributed by atoms with Gasteiger partial charge in [0.15, 0.2) is 0 Å². The second-order valence-corrected chi connectivity index (χ2v) is 8.74. The number of urea groups is 1. The maximum Gasteiger partial charge on any atom is 0.325 e. The van der Waals surface area contributed by atoms with Crippen LogP contribution in [-0.4, -0.2) is 41.4 Å². The van der Waals surface area contributed by atoms with E-state index in [4.69, 9.17) is 4.74 Å². The van der Waals surface area contributed by atoms with Gasteiger partial charge in [0.25, 0.3) is 5.91 Å². The highest BCUT2D eigenvalue weighted by Crippen LogP contribution is 2.46. The minimum Gasteiger partial charge on any atom is -0.492 e. The molecule has 152 valence electrons. The van der Waals surface area contributed by atoms with Gasteiger partial charge in [-0.1, -0.05) is 32.9 Å². The van der Waals surface area contributed by atoms with E-state index in [0.29, 0.717) is 36.8 Å². The third kappa shape index (κ3) is 3.98. The highest BCUT2D eigenvalue weighted by Gasteiger charge is 2.56. The molecular weight excluding hydrogens is 358 g/mol. The Kier molecular flexibility index (Phi) is 5.37. The fourth-order valence-electron chi connectivity index (χ4n) is 4.83. The highest BCUT2D eigenvalue weighted by atomic mass is 16.5. The van der Waals surface area contributed by atoms with Crippen molar-refractivity contribution in [3.63, 3.8) is 0 Å². The van der Waals surface area contributed by atoms with Crippen LogP contribution in [0, 0.1) is 11.3 Å². The van der Waals surface area contributed by atoms with E-state index < -0.39 is 17.5 Å². The van der Waals surface area contributed by atoms with E-state index in [1.54, 1.807) is 18.2 Å². The number of carbonyl (C=O) groups excluding carboxylic acids is 3. The summed E-state index contributed by atoms with van der Waals surface area (Å²) in [7, 11) is 0. The van der Waals surface area contributed by atoms with Crippen LogP contribution in [-0.2, 0) is 9.59 Å². The summed E-state index contributed by atoms with van der Waals surface area (Å²) in [6.07, 6.45) is 2.19. The lowest BCUT2D eigenvalue weighted by atomic mass is 9.64. The molecule has 1 aliphatic heterocycles. The third-order valence-electron chi connectivity index (χ3n) is 5.39. The molecule has 1 aromatic carbocycles. The Morgan fingerprint density at radius 2 is 2.00 bits per heavy atom. The zero-order valence-corrected chi connectivity index (χ0v) is 17.0. The van der Waals surface area contributed by atoms with Crippen molar-refractivity contribution in [1.29, 1.82) is 0 Å². The third-order valence-corrected chi connectivity index (χ3v) is 5.39. The van der Waals surface area contributed by atoms with E-state index in [2.05, 4.69) is 31.4 Å². The number of ether oxygens (including phenoxy) is 1. The lowest BCUT2D eigenvalue weighted by molar-refractivity contribution is -0.136. The fraction of sp³-hybridized carbons (Fsp3) is 0.571. The predicted octanol–water partition coefficient (Wildman–Crippen LogP) is 3.16. The van der Waals surface area contributed by atoms with Gasteiger partial charge in [-0.05, 0) is 49.7 Å². The van der Waals surface area contributed by atoms with Gasteiger partial charge in [0.1, 0.15) is 17.8 Å². The van der Waals surface area contributed by atoms with Crippen LogP contribution >= 0.6 is 0 Å². The summed E-state index contributed by atoms with van der Waals surface area (Å²) in [4.78, 5) is 39.2. The number of hydrogen-bond donors (Lipinski definition) is 2. The molecule has 1 aromatic rings. The Hall–Kier alpha value is -2.57. The summed E-state index contributed by atoms with van der Waals surface area (Å²) in [6, 6.07) is 6.58. The van der Waals surface area contributed by atoms with Crippen LogP contribution in [0.25, 0.3) is 0 Å². The van der Waals surface area contributed by atoms with Gasteiger partial charge in [-0.2, -0.15) is 0 Å². The second-order valence-electron chi connectivity index (χ2n) is 8.74. The smallest absolute Gasteiger partial charge is 0.325 e. The number of anilines is 1. The van der Waals surface area contributed by atoms with Crippen molar-refractivity contribution in [2.24, 2.45) is 11.3 Å². The van der Waals surface area contributed by atoms with Gasteiger partial charge in [-0.25, -0.2) is 4.79 Å². The summed E-state index contributed by atoms with van der Waals surface area (Å²) in [6.45, 7) is 8.34. The average molecular weight is 387 g/mol. The fourth-order valence-corrected chi connectivity index (χ4v) is 4.83. The van der Waals surface area contributed by atoms with Gasteiger partial charge in [-0.3, -0.25) is 14.5 Å². The lowest BCUT2D eigenvalue weighted by Gasteiger charge is -2.43. The number of carbonyl (C=O) groups is 3. The molecule has 1 spiro atoms. The van der Waals surface area contributed by atoms with Crippen molar-refractivity contribution in [2.45, 2.75) is 52.5 Å². The van der Waals surface area contributed by atoms with Crippen LogP contribution in [0.15, 0.2) is 24.3 Å². The molecule has 7 nitrogen and oxygen atoms in total. The number of imide groups is 1. The molecule has 2 N–H and O–H groups in total. The monoisotopic (exact) mass is 387 g/mol. The van der Waals surface area contributed by atoms with Crippen molar-refractivity contribution in [2.75, 3.05) is 18.5 Å². The molecule has 1 saturated carbocycles. The predicted molar refractivity (Wildman–Crippen MR) is 106 cm³/mol. The number of amides is 4. The highest BCUT2D eigenvalue weighted by molar-refractivity contribution is 6.10. The van der Waals surface area contributed by atoms with E-state index in [-0.39, 0.29) is 17.9 Å². The van der Waals surface area contributed by atoms with Gasteiger partial charge in [-0.15, -0.1) is 0 Å². The van der Waals surface area contributed by atoms with E-state index in [9.17, 15) is 14.4 Å². The Morgan fingerprint density at radius 1 is 1.29 bits per heavy atom. The molecule has 1 heterocycles. The van der Waals surface area contributed by atoms with E-state index in [1.165, 1.54) is 0 Å². The van der Waals surface area contributed by atoms with Crippen molar-refractivity contribution in [3.05, 3.63) is 24.3 Å². The number of benzene rings is 1. The minimum absolute atomic E-state index is 0.0463. The molecule has 0 bridgehead atoms. The topological polar surface area (TPSA) is 87.7 Å². The van der Waals surface area contributed by atoms with Crippen LogP contribution in [0.1, 0.15) is 47.0 Å². The molecule has 2 aliphatic rings. The number of hydrogen-bond acceptors (Lipinski definition) is 4. The Balaban J connectivity index is 1.72. The maximum atomic E-state index is 13.1. The summed E-state index contributed by atoms with van der Waals surface area (Å²) in [5, 5.41) is 5.63. The number of rotatable bonds is 5. The van der Waals surface area contributed by atoms with E-state index in [0.717, 1.165) is 11.3 Å². The normalized spacial score (nSPS) is 26.3. The molecule has 7 heteroatoms. The molecule has 0 aromatic heterocycles. The average Bonchev–Trinajstić information content (AvgIpc) is 2.78. The standard InChI is InChI=1S/C21H29N3O4/c1-5-28-16-9-7-6-8-15(16)22-17(25)12-24-18(26)21(23-19(24)27)11-14(2)10-20(3,4)13-21/h6-9,14H,5,10-13H2,1-4H3,(H,22,25)(H,23,27)/t14-,21+/m0/s1. The van der Waals surface area contributed by atoms with Crippen molar-refractivity contribution < 1.29 is 19.1 Å². The maximum absolute atomic E-state index is 13.1. The molecule has 0 radical (unpaired) electrons. The minimum atomic E-state index is -0.901. The second kappa shape index (κ2) is 7.45. The number of nitrogens with one attached hydrogen (secondary N) is 2. The van der Waals surface area contributed by atoms with Crippen LogP contribution in [0.4, 0.5) is 10.5 Å². The van der Waals surface area contributed by atoms with Gasteiger partial charge in [0.2, 0.25) is 5.91 Å². The van der Waals surface area contributed by atoms with E-state index in [1.807, 2.05) is 13.0 Å². The first-order valence-electron chi connectivity index (χ1n) is 9.81. The van der Waals surface area contributed by atoms with Crippen LogP contribution < -0.4 is 15.4 Å². The van der Waals surface area contributed by atoms with Gasteiger partial charge < -0.3 is 15.4 Å². The summed E-state index contributed by atoms with van der Waals surface area (Å²) >= 11 is 0. The molecule has 2 fully saturated rings.